The molecule has 116 valence electrons. The number of nitrogens with two attached hydrogens (primary N) is 1. The average molecular weight is 290 g/mol. The Labute approximate surface area is 127 Å². The predicted octanol–water partition coefficient (Wildman–Crippen LogP) is 2.47. The largest absolute Gasteiger partial charge is 0.494 e. The van der Waals surface area contributed by atoms with Crippen molar-refractivity contribution >= 4 is 5.91 Å². The molecule has 1 saturated carbocycles. The number of carbonyl (C=O) groups excluding carboxylic acids is 1. The summed E-state index contributed by atoms with van der Waals surface area (Å²) in [6.07, 6.45) is 4.09. The molecule has 3 N–H and O–H groups in total. The van der Waals surface area contributed by atoms with Crippen LogP contribution in [0.2, 0.25) is 0 Å². The van der Waals surface area contributed by atoms with Crippen molar-refractivity contribution in [2.24, 2.45) is 17.6 Å². The molecule has 1 amide bonds. The van der Waals surface area contributed by atoms with Gasteiger partial charge in [0.15, 0.2) is 0 Å². The highest BCUT2D eigenvalue weighted by Crippen LogP contribution is 2.28. The van der Waals surface area contributed by atoms with Gasteiger partial charge >= 0.3 is 0 Å². The van der Waals surface area contributed by atoms with Crippen molar-refractivity contribution < 1.29 is 9.53 Å². The second-order valence-corrected chi connectivity index (χ2v) is 5.75. The first kappa shape index (κ1) is 15.8. The van der Waals surface area contributed by atoms with E-state index in [4.69, 9.17) is 10.5 Å². The summed E-state index contributed by atoms with van der Waals surface area (Å²) in [7, 11) is 0. The lowest BCUT2D eigenvalue weighted by atomic mass is 9.81. The summed E-state index contributed by atoms with van der Waals surface area (Å²) in [5.41, 5.74) is 6.76. The van der Waals surface area contributed by atoms with E-state index in [-0.39, 0.29) is 11.8 Å². The van der Waals surface area contributed by atoms with Crippen LogP contribution in [0.15, 0.2) is 24.3 Å². The van der Waals surface area contributed by atoms with Crippen molar-refractivity contribution in [2.75, 3.05) is 13.2 Å². The number of ether oxygens (including phenoxy) is 1. The van der Waals surface area contributed by atoms with Gasteiger partial charge in [-0.1, -0.05) is 12.1 Å². The summed E-state index contributed by atoms with van der Waals surface area (Å²) < 4.78 is 5.47. The van der Waals surface area contributed by atoms with Crippen molar-refractivity contribution in [3.63, 3.8) is 0 Å². The third kappa shape index (κ3) is 4.74. The maximum absolute atomic E-state index is 12.2. The van der Waals surface area contributed by atoms with Crippen molar-refractivity contribution in [2.45, 2.75) is 39.2 Å². The highest BCUT2D eigenvalue weighted by molar-refractivity contribution is 5.78. The van der Waals surface area contributed by atoms with Crippen LogP contribution in [0.3, 0.4) is 0 Å². The summed E-state index contributed by atoms with van der Waals surface area (Å²) >= 11 is 0. The highest BCUT2D eigenvalue weighted by atomic mass is 16.5. The zero-order chi connectivity index (χ0) is 15.1. The Hall–Kier alpha value is -1.55. The molecule has 21 heavy (non-hydrogen) atoms. The third-order valence-electron chi connectivity index (χ3n) is 4.23. The summed E-state index contributed by atoms with van der Waals surface area (Å²) in [5, 5.41) is 3.05. The van der Waals surface area contributed by atoms with E-state index in [1.165, 1.54) is 0 Å². The van der Waals surface area contributed by atoms with Crippen molar-refractivity contribution in [3.05, 3.63) is 29.8 Å². The van der Waals surface area contributed by atoms with Crippen LogP contribution >= 0.6 is 0 Å². The van der Waals surface area contributed by atoms with Crippen LogP contribution in [-0.4, -0.2) is 19.1 Å². The lowest BCUT2D eigenvalue weighted by Crippen LogP contribution is -2.33. The molecule has 0 spiro atoms. The molecular weight excluding hydrogens is 264 g/mol. The predicted molar refractivity (Wildman–Crippen MR) is 84.0 cm³/mol. The summed E-state index contributed by atoms with van der Waals surface area (Å²) in [5.74, 6) is 1.79. The number of carbonyl (C=O) groups is 1. The first-order valence-electron chi connectivity index (χ1n) is 7.92. The molecule has 1 aromatic rings. The van der Waals surface area contributed by atoms with E-state index in [1.807, 2.05) is 31.2 Å². The van der Waals surface area contributed by atoms with Crippen molar-refractivity contribution in [1.29, 1.82) is 0 Å². The molecule has 0 aromatic heterocycles. The van der Waals surface area contributed by atoms with Crippen molar-refractivity contribution in [1.82, 2.24) is 5.32 Å². The molecule has 1 fully saturated rings. The lowest BCUT2D eigenvalue weighted by molar-refractivity contribution is -0.126. The van der Waals surface area contributed by atoms with Gasteiger partial charge in [0.2, 0.25) is 5.91 Å². The molecule has 0 bridgehead atoms. The smallest absolute Gasteiger partial charge is 0.223 e. The van der Waals surface area contributed by atoms with Gasteiger partial charge in [0.25, 0.3) is 0 Å². The van der Waals surface area contributed by atoms with Gasteiger partial charge in [-0.2, -0.15) is 0 Å². The Morgan fingerprint density at radius 2 is 2.10 bits per heavy atom. The first-order valence-corrected chi connectivity index (χ1v) is 7.92. The fourth-order valence-corrected chi connectivity index (χ4v) is 2.91. The molecular formula is C17H26N2O2. The quantitative estimate of drug-likeness (QED) is 0.846. The van der Waals surface area contributed by atoms with Gasteiger partial charge in [-0.3, -0.25) is 4.79 Å². The number of amides is 1. The van der Waals surface area contributed by atoms with E-state index >= 15 is 0 Å². The monoisotopic (exact) mass is 290 g/mol. The molecule has 1 aliphatic carbocycles. The molecule has 0 radical (unpaired) electrons. The lowest BCUT2D eigenvalue weighted by Gasteiger charge is -2.26. The number of rotatable bonds is 6. The van der Waals surface area contributed by atoms with Crippen molar-refractivity contribution in [3.8, 4) is 5.75 Å². The second-order valence-electron chi connectivity index (χ2n) is 5.75. The van der Waals surface area contributed by atoms with Gasteiger partial charge in [0.05, 0.1) is 6.61 Å². The van der Waals surface area contributed by atoms with Crippen LogP contribution < -0.4 is 15.8 Å². The molecule has 0 saturated heterocycles. The van der Waals surface area contributed by atoms with E-state index < -0.39 is 0 Å². The molecule has 0 aliphatic heterocycles. The van der Waals surface area contributed by atoms with E-state index in [2.05, 4.69) is 5.32 Å². The van der Waals surface area contributed by atoms with Crippen LogP contribution in [0, 0.1) is 11.8 Å². The molecule has 2 rings (SSSR count). The number of hydrogen-bond donors (Lipinski definition) is 2. The normalized spacial score (nSPS) is 21.8. The zero-order valence-electron chi connectivity index (χ0n) is 12.8. The number of benzene rings is 1. The Bertz CT molecular complexity index is 454. The Morgan fingerprint density at radius 1 is 1.33 bits per heavy atom. The SMILES string of the molecule is CCOc1cccc(CNC(=O)C2CCC(CN)CC2)c1. The Balaban J connectivity index is 1.80. The van der Waals surface area contributed by atoms with Gasteiger partial charge in [0.1, 0.15) is 5.75 Å². The van der Waals surface area contributed by atoms with Gasteiger partial charge in [-0.15, -0.1) is 0 Å². The maximum Gasteiger partial charge on any atom is 0.223 e. The van der Waals surface area contributed by atoms with Crippen LogP contribution in [0.25, 0.3) is 0 Å². The van der Waals surface area contributed by atoms with Crippen LogP contribution in [-0.2, 0) is 11.3 Å². The third-order valence-corrected chi connectivity index (χ3v) is 4.23. The standard InChI is InChI=1S/C17H26N2O2/c1-2-21-16-5-3-4-14(10-16)12-19-17(20)15-8-6-13(11-18)7-9-15/h3-5,10,13,15H,2,6-9,11-12,18H2,1H3,(H,19,20). The van der Waals surface area contributed by atoms with Gasteiger partial charge in [-0.25, -0.2) is 0 Å². The molecule has 4 nitrogen and oxygen atoms in total. The maximum atomic E-state index is 12.2. The van der Waals surface area contributed by atoms with Gasteiger partial charge < -0.3 is 15.8 Å². The van der Waals surface area contributed by atoms with Crippen LogP contribution in [0.4, 0.5) is 0 Å². The van der Waals surface area contributed by atoms with Crippen LogP contribution in [0.5, 0.6) is 5.75 Å². The fourth-order valence-electron chi connectivity index (χ4n) is 2.91. The van der Waals surface area contributed by atoms with E-state index in [1.54, 1.807) is 0 Å². The van der Waals surface area contributed by atoms with Crippen LogP contribution in [0.1, 0.15) is 38.2 Å². The summed E-state index contributed by atoms with van der Waals surface area (Å²) in [6.45, 7) is 3.93. The summed E-state index contributed by atoms with van der Waals surface area (Å²) in [6, 6.07) is 7.88. The number of nitrogens with one attached hydrogen (secondary N) is 1. The molecule has 1 aromatic carbocycles. The fraction of sp³-hybridized carbons (Fsp3) is 0.588. The molecule has 1 aliphatic rings. The highest BCUT2D eigenvalue weighted by Gasteiger charge is 2.25. The summed E-state index contributed by atoms with van der Waals surface area (Å²) in [4.78, 5) is 12.2. The van der Waals surface area contributed by atoms with Gasteiger partial charge in [0, 0.05) is 12.5 Å². The minimum absolute atomic E-state index is 0.155. The molecule has 0 atom stereocenters. The van der Waals surface area contributed by atoms with Gasteiger partial charge in [-0.05, 0) is 62.8 Å². The first-order chi connectivity index (χ1) is 10.2. The van der Waals surface area contributed by atoms with E-state index in [0.717, 1.165) is 43.5 Å². The minimum Gasteiger partial charge on any atom is -0.494 e. The Morgan fingerprint density at radius 3 is 2.76 bits per heavy atom. The minimum atomic E-state index is 0.155. The second kappa shape index (κ2) is 8.03. The molecule has 0 unspecified atom stereocenters. The molecule has 4 heteroatoms. The van der Waals surface area contributed by atoms with E-state index in [9.17, 15) is 4.79 Å². The molecule has 0 heterocycles. The zero-order valence-corrected chi connectivity index (χ0v) is 12.8. The average Bonchev–Trinajstić information content (AvgIpc) is 2.53. The Kier molecular flexibility index (Phi) is 6.05. The topological polar surface area (TPSA) is 64.3 Å². The number of hydrogen-bond acceptors (Lipinski definition) is 3. The van der Waals surface area contributed by atoms with E-state index in [0.29, 0.717) is 19.1 Å².